The fourth-order valence-corrected chi connectivity index (χ4v) is 4.57. The second-order valence-electron chi connectivity index (χ2n) is 9.56. The lowest BCUT2D eigenvalue weighted by Crippen LogP contribution is -2.21. The van der Waals surface area contributed by atoms with Crippen LogP contribution < -0.4 is 5.73 Å². The molecule has 0 unspecified atom stereocenters. The number of rotatable bonds is 9. The SMILES string of the molecule is CCC(N)=N[C@H](c1ccc2cn(CC3CC3)nc2c1)[C@H](C(C)=O)c1ccc(C2CC2)cc1. The van der Waals surface area contributed by atoms with Crippen LogP contribution >= 0.6 is 0 Å². The first-order chi connectivity index (χ1) is 15.5. The van der Waals surface area contributed by atoms with Gasteiger partial charge in [0.15, 0.2) is 0 Å². The third-order valence-corrected chi connectivity index (χ3v) is 6.83. The Labute approximate surface area is 189 Å². The Morgan fingerprint density at radius 1 is 1.12 bits per heavy atom. The highest BCUT2D eigenvalue weighted by atomic mass is 16.1. The molecule has 0 saturated heterocycles. The molecular weight excluding hydrogens is 396 g/mol. The van der Waals surface area contributed by atoms with E-state index in [-0.39, 0.29) is 17.7 Å². The predicted octanol–water partition coefficient (Wildman–Crippen LogP) is 5.50. The molecule has 5 heteroatoms. The van der Waals surface area contributed by atoms with Crippen LogP contribution in [0.15, 0.2) is 53.7 Å². The summed E-state index contributed by atoms with van der Waals surface area (Å²) in [5.41, 5.74) is 10.5. The van der Waals surface area contributed by atoms with Gasteiger partial charge in [-0.1, -0.05) is 43.3 Å². The molecule has 32 heavy (non-hydrogen) atoms. The Kier molecular flexibility index (Phi) is 5.58. The third-order valence-electron chi connectivity index (χ3n) is 6.83. The van der Waals surface area contributed by atoms with Crippen LogP contribution in [0.5, 0.6) is 0 Å². The molecule has 1 heterocycles. The lowest BCUT2D eigenvalue weighted by atomic mass is 9.84. The van der Waals surface area contributed by atoms with Gasteiger partial charge in [0.1, 0.15) is 5.78 Å². The highest BCUT2D eigenvalue weighted by Crippen LogP contribution is 2.42. The quantitative estimate of drug-likeness (QED) is 0.361. The number of fused-ring (bicyclic) bond motifs is 1. The number of Topliss-reactive ketones (excluding diaryl/α,β-unsaturated/α-hetero) is 1. The number of aliphatic imine (C=N–C) groups is 1. The van der Waals surface area contributed by atoms with Crippen molar-refractivity contribution in [2.45, 2.75) is 70.4 Å². The van der Waals surface area contributed by atoms with E-state index in [4.69, 9.17) is 15.8 Å². The molecule has 0 aliphatic heterocycles. The van der Waals surface area contributed by atoms with Gasteiger partial charge in [-0.3, -0.25) is 14.5 Å². The van der Waals surface area contributed by atoms with Crippen LogP contribution in [0, 0.1) is 5.92 Å². The molecule has 2 aromatic carbocycles. The summed E-state index contributed by atoms with van der Waals surface area (Å²) in [4.78, 5) is 17.8. The second kappa shape index (κ2) is 8.53. The fourth-order valence-electron chi connectivity index (χ4n) is 4.57. The van der Waals surface area contributed by atoms with E-state index in [1.165, 1.54) is 31.2 Å². The maximum absolute atomic E-state index is 12.9. The predicted molar refractivity (Wildman–Crippen MR) is 129 cm³/mol. The van der Waals surface area contributed by atoms with Gasteiger partial charge in [-0.2, -0.15) is 5.10 Å². The number of benzene rings is 2. The molecule has 2 saturated carbocycles. The fraction of sp³-hybridized carbons (Fsp3) is 0.444. The Morgan fingerprint density at radius 3 is 2.47 bits per heavy atom. The molecule has 2 aliphatic rings. The molecule has 0 radical (unpaired) electrons. The zero-order chi connectivity index (χ0) is 22.2. The number of nitrogens with two attached hydrogens (primary N) is 1. The topological polar surface area (TPSA) is 73.3 Å². The number of aromatic nitrogens is 2. The van der Waals surface area contributed by atoms with E-state index < -0.39 is 0 Å². The van der Waals surface area contributed by atoms with Crippen molar-refractivity contribution in [3.8, 4) is 0 Å². The van der Waals surface area contributed by atoms with E-state index in [2.05, 4.69) is 53.3 Å². The molecule has 3 aromatic rings. The Hall–Kier alpha value is -2.95. The first-order valence-electron chi connectivity index (χ1n) is 11.9. The minimum atomic E-state index is -0.376. The number of hydrogen-bond acceptors (Lipinski definition) is 3. The molecule has 1 aromatic heterocycles. The van der Waals surface area contributed by atoms with E-state index in [1.807, 2.05) is 6.92 Å². The first-order valence-corrected chi connectivity index (χ1v) is 11.9. The van der Waals surface area contributed by atoms with Crippen molar-refractivity contribution in [1.82, 2.24) is 9.78 Å². The molecule has 2 aliphatic carbocycles. The van der Waals surface area contributed by atoms with Gasteiger partial charge in [0.25, 0.3) is 0 Å². The van der Waals surface area contributed by atoms with Crippen LogP contribution in [0.1, 0.15) is 80.5 Å². The Bertz CT molecular complexity index is 1150. The van der Waals surface area contributed by atoms with Crippen molar-refractivity contribution in [2.24, 2.45) is 16.6 Å². The van der Waals surface area contributed by atoms with Crippen molar-refractivity contribution >= 4 is 22.5 Å². The Morgan fingerprint density at radius 2 is 1.84 bits per heavy atom. The van der Waals surface area contributed by atoms with Crippen molar-refractivity contribution in [1.29, 1.82) is 0 Å². The minimum Gasteiger partial charge on any atom is -0.387 e. The maximum Gasteiger partial charge on any atom is 0.139 e. The summed E-state index contributed by atoms with van der Waals surface area (Å²) in [5, 5.41) is 5.92. The van der Waals surface area contributed by atoms with Gasteiger partial charge in [0.05, 0.1) is 23.3 Å². The van der Waals surface area contributed by atoms with Crippen LogP contribution in [0.25, 0.3) is 10.9 Å². The van der Waals surface area contributed by atoms with E-state index in [1.54, 1.807) is 6.92 Å². The number of hydrogen-bond donors (Lipinski definition) is 1. The lowest BCUT2D eigenvalue weighted by molar-refractivity contribution is -0.118. The van der Waals surface area contributed by atoms with Gasteiger partial charge in [-0.25, -0.2) is 0 Å². The zero-order valence-electron chi connectivity index (χ0n) is 19.0. The average molecular weight is 429 g/mol. The summed E-state index contributed by atoms with van der Waals surface area (Å²) < 4.78 is 2.06. The smallest absolute Gasteiger partial charge is 0.139 e. The van der Waals surface area contributed by atoms with Gasteiger partial charge in [-0.05, 0) is 67.2 Å². The van der Waals surface area contributed by atoms with Crippen LogP contribution in [0.2, 0.25) is 0 Å². The molecule has 2 fully saturated rings. The molecule has 166 valence electrons. The van der Waals surface area contributed by atoms with Crippen LogP contribution in [0.4, 0.5) is 0 Å². The average Bonchev–Trinajstić information content (AvgIpc) is 3.71. The van der Waals surface area contributed by atoms with Crippen molar-refractivity contribution in [2.75, 3.05) is 0 Å². The zero-order valence-corrected chi connectivity index (χ0v) is 19.0. The van der Waals surface area contributed by atoms with E-state index in [9.17, 15) is 4.79 Å². The summed E-state index contributed by atoms with van der Waals surface area (Å²) in [6.45, 7) is 4.64. The largest absolute Gasteiger partial charge is 0.387 e. The normalized spacial score (nSPS) is 18.6. The van der Waals surface area contributed by atoms with Crippen LogP contribution in [-0.4, -0.2) is 21.4 Å². The highest BCUT2D eigenvalue weighted by Gasteiger charge is 2.30. The number of amidine groups is 1. The number of ketones is 1. The monoisotopic (exact) mass is 428 g/mol. The van der Waals surface area contributed by atoms with Gasteiger partial charge in [0, 0.05) is 24.5 Å². The lowest BCUT2D eigenvalue weighted by Gasteiger charge is -2.24. The molecule has 2 N–H and O–H groups in total. The molecule has 0 bridgehead atoms. The van der Waals surface area contributed by atoms with E-state index >= 15 is 0 Å². The summed E-state index contributed by atoms with van der Waals surface area (Å²) in [7, 11) is 0. The minimum absolute atomic E-state index is 0.0983. The van der Waals surface area contributed by atoms with E-state index in [0.29, 0.717) is 18.2 Å². The summed E-state index contributed by atoms with van der Waals surface area (Å²) >= 11 is 0. The van der Waals surface area contributed by atoms with E-state index in [0.717, 1.165) is 34.5 Å². The molecule has 0 amide bonds. The Balaban J connectivity index is 1.53. The molecular formula is C27H32N4O. The van der Waals surface area contributed by atoms with Crippen molar-refractivity contribution < 1.29 is 4.79 Å². The van der Waals surface area contributed by atoms with Gasteiger partial charge in [0.2, 0.25) is 0 Å². The summed E-state index contributed by atoms with van der Waals surface area (Å²) in [6.07, 6.45) is 7.91. The van der Waals surface area contributed by atoms with Gasteiger partial charge in [-0.15, -0.1) is 0 Å². The summed E-state index contributed by atoms with van der Waals surface area (Å²) in [6, 6.07) is 14.5. The molecule has 2 atom stereocenters. The van der Waals surface area contributed by atoms with Crippen LogP contribution in [0.3, 0.4) is 0 Å². The number of nitrogens with zero attached hydrogens (tertiary/aromatic N) is 3. The standard InChI is InChI=1S/C27H32N4O/c1-3-25(28)29-27(26(17(2)32)21-10-8-20(9-11-21)19-6-7-19)22-12-13-23-16-31(15-18-4-5-18)30-24(23)14-22/h8-14,16,18-19,26-27H,3-7,15H2,1-2H3,(H2,28,29)/t26-,27-/m1/s1. The van der Waals surface area contributed by atoms with Gasteiger partial charge >= 0.3 is 0 Å². The highest BCUT2D eigenvalue weighted by molar-refractivity contribution is 5.87. The second-order valence-corrected chi connectivity index (χ2v) is 9.56. The molecule has 5 nitrogen and oxygen atoms in total. The summed E-state index contributed by atoms with van der Waals surface area (Å²) in [5.74, 6) is 1.75. The van der Waals surface area contributed by atoms with Crippen LogP contribution in [-0.2, 0) is 11.3 Å². The molecule has 5 rings (SSSR count). The number of carbonyl (C=O) groups excluding carboxylic acids is 1. The van der Waals surface area contributed by atoms with Gasteiger partial charge < -0.3 is 5.73 Å². The first kappa shape index (κ1) is 20.9. The molecule has 0 spiro atoms. The third kappa shape index (κ3) is 4.47. The maximum atomic E-state index is 12.9. The van der Waals surface area contributed by atoms with Crippen molar-refractivity contribution in [3.63, 3.8) is 0 Å². The number of carbonyl (C=O) groups is 1. The van der Waals surface area contributed by atoms with Crippen molar-refractivity contribution in [3.05, 3.63) is 65.4 Å².